The van der Waals surface area contributed by atoms with Crippen LogP contribution in [0.2, 0.25) is 0 Å². The fraction of sp³-hybridized carbons (Fsp3) is 0.714. The van der Waals surface area contributed by atoms with Gasteiger partial charge in [0.25, 0.3) is 0 Å². The van der Waals surface area contributed by atoms with Crippen LogP contribution in [0.15, 0.2) is 0 Å². The Labute approximate surface area is 121 Å². The van der Waals surface area contributed by atoms with Gasteiger partial charge in [-0.2, -0.15) is 5.10 Å². The van der Waals surface area contributed by atoms with E-state index in [4.69, 9.17) is 18.0 Å². The molecule has 4 nitrogen and oxygen atoms in total. The average molecular weight is 280 g/mol. The maximum atomic E-state index is 5.88. The molecule has 2 heterocycles. The quantitative estimate of drug-likeness (QED) is 0.864. The van der Waals surface area contributed by atoms with Crippen molar-refractivity contribution in [3.8, 4) is 0 Å². The lowest BCUT2D eigenvalue weighted by Crippen LogP contribution is -2.29. The second-order valence-corrected chi connectivity index (χ2v) is 5.90. The highest BCUT2D eigenvalue weighted by Gasteiger charge is 2.23. The van der Waals surface area contributed by atoms with E-state index < -0.39 is 0 Å². The fourth-order valence-electron chi connectivity index (χ4n) is 3.08. The van der Waals surface area contributed by atoms with E-state index in [0.717, 1.165) is 36.1 Å². The number of hydrogen-bond donors (Lipinski definition) is 1. The summed E-state index contributed by atoms with van der Waals surface area (Å²) in [7, 11) is 1.98. The van der Waals surface area contributed by atoms with Gasteiger partial charge in [-0.3, -0.25) is 4.68 Å². The summed E-state index contributed by atoms with van der Waals surface area (Å²) in [5, 5.41) is 4.48. The Morgan fingerprint density at radius 1 is 1.42 bits per heavy atom. The zero-order valence-corrected chi connectivity index (χ0v) is 13.0. The van der Waals surface area contributed by atoms with Gasteiger partial charge in [-0.05, 0) is 32.1 Å². The largest absolute Gasteiger partial charge is 0.389 e. The van der Waals surface area contributed by atoms with Crippen molar-refractivity contribution in [2.45, 2.75) is 39.5 Å². The van der Waals surface area contributed by atoms with Crippen molar-refractivity contribution in [1.29, 1.82) is 0 Å². The van der Waals surface area contributed by atoms with Gasteiger partial charge in [0.15, 0.2) is 0 Å². The highest BCUT2D eigenvalue weighted by Crippen LogP contribution is 2.28. The van der Waals surface area contributed by atoms with E-state index in [-0.39, 0.29) is 0 Å². The summed E-state index contributed by atoms with van der Waals surface area (Å²) >= 11 is 5.20. The highest BCUT2D eigenvalue weighted by atomic mass is 32.1. The number of aryl methyl sites for hydroxylation is 2. The highest BCUT2D eigenvalue weighted by molar-refractivity contribution is 7.80. The van der Waals surface area contributed by atoms with Crippen LogP contribution < -0.4 is 10.6 Å². The number of anilines is 1. The molecular weight excluding hydrogens is 256 g/mol. The lowest BCUT2D eigenvalue weighted by Gasteiger charge is -2.24. The average Bonchev–Trinajstić information content (AvgIpc) is 2.54. The van der Waals surface area contributed by atoms with Crippen LogP contribution in [0.4, 0.5) is 5.82 Å². The minimum Gasteiger partial charge on any atom is -0.389 e. The van der Waals surface area contributed by atoms with Gasteiger partial charge in [-0.1, -0.05) is 25.6 Å². The molecule has 0 bridgehead atoms. The van der Waals surface area contributed by atoms with Crippen molar-refractivity contribution in [3.63, 3.8) is 0 Å². The predicted octanol–water partition coefficient (Wildman–Crippen LogP) is 2.38. The van der Waals surface area contributed by atoms with Gasteiger partial charge < -0.3 is 10.6 Å². The van der Waals surface area contributed by atoms with Crippen LogP contribution in [-0.4, -0.2) is 27.9 Å². The van der Waals surface area contributed by atoms with E-state index in [2.05, 4.69) is 16.9 Å². The molecule has 0 radical (unpaired) electrons. The number of thiocarbonyl (C=S) groups is 1. The van der Waals surface area contributed by atoms with Gasteiger partial charge in [0, 0.05) is 20.1 Å². The molecule has 2 rings (SSSR count). The molecule has 0 amide bonds. The van der Waals surface area contributed by atoms with Crippen LogP contribution >= 0.6 is 12.2 Å². The predicted molar refractivity (Wildman–Crippen MR) is 83.7 cm³/mol. The van der Waals surface area contributed by atoms with Gasteiger partial charge in [-0.25, -0.2) is 0 Å². The van der Waals surface area contributed by atoms with Crippen molar-refractivity contribution < 1.29 is 0 Å². The topological polar surface area (TPSA) is 47.1 Å². The summed E-state index contributed by atoms with van der Waals surface area (Å²) in [4.78, 5) is 2.86. The number of aromatic nitrogens is 2. The van der Waals surface area contributed by atoms with Crippen molar-refractivity contribution in [3.05, 3.63) is 11.3 Å². The van der Waals surface area contributed by atoms with E-state index in [9.17, 15) is 0 Å². The van der Waals surface area contributed by atoms with Gasteiger partial charge >= 0.3 is 0 Å². The Morgan fingerprint density at radius 2 is 2.16 bits per heavy atom. The fourth-order valence-corrected chi connectivity index (χ4v) is 3.32. The first-order valence-corrected chi connectivity index (χ1v) is 7.53. The van der Waals surface area contributed by atoms with Gasteiger partial charge in [0.05, 0.1) is 11.3 Å². The summed E-state index contributed by atoms with van der Waals surface area (Å²) in [6.45, 7) is 6.41. The van der Waals surface area contributed by atoms with Crippen LogP contribution in [0.5, 0.6) is 0 Å². The Morgan fingerprint density at radius 3 is 2.79 bits per heavy atom. The summed E-state index contributed by atoms with van der Waals surface area (Å²) in [6, 6.07) is 0. The Bertz CT molecular complexity index is 466. The number of nitrogens with two attached hydrogens (primary N) is 1. The molecule has 0 spiro atoms. The zero-order chi connectivity index (χ0) is 14.0. The minimum absolute atomic E-state index is 0.455. The Balaban J connectivity index is 2.28. The lowest BCUT2D eigenvalue weighted by atomic mass is 9.98. The Kier molecular flexibility index (Phi) is 4.45. The molecule has 1 atom stereocenters. The molecule has 1 fully saturated rings. The van der Waals surface area contributed by atoms with E-state index >= 15 is 0 Å². The first kappa shape index (κ1) is 14.3. The summed E-state index contributed by atoms with van der Waals surface area (Å²) in [5.74, 6) is 1.95. The normalized spacial score (nSPS) is 20.4. The maximum absolute atomic E-state index is 5.88. The van der Waals surface area contributed by atoms with Gasteiger partial charge in [0.1, 0.15) is 10.8 Å². The summed E-state index contributed by atoms with van der Waals surface area (Å²) in [5.41, 5.74) is 7.76. The molecule has 19 heavy (non-hydrogen) atoms. The maximum Gasteiger partial charge on any atom is 0.137 e. The van der Waals surface area contributed by atoms with Crippen LogP contribution in [0.3, 0.4) is 0 Å². The third kappa shape index (κ3) is 2.91. The van der Waals surface area contributed by atoms with Crippen LogP contribution in [-0.2, 0) is 7.05 Å². The standard InChI is InChI=1S/C14H24N4S/c1-4-11-6-5-8-18(9-7-11)14-12(13(15)19)10(2)16-17(14)3/h11H,4-9H2,1-3H3,(H2,15,19). The monoisotopic (exact) mass is 280 g/mol. The molecule has 1 aliphatic heterocycles. The van der Waals surface area contributed by atoms with Crippen LogP contribution in [0.25, 0.3) is 0 Å². The molecule has 0 saturated carbocycles. The van der Waals surface area contributed by atoms with Crippen LogP contribution in [0, 0.1) is 12.8 Å². The van der Waals surface area contributed by atoms with Crippen molar-refractivity contribution in [1.82, 2.24) is 9.78 Å². The molecule has 1 aromatic heterocycles. The van der Waals surface area contributed by atoms with E-state index in [1.54, 1.807) is 0 Å². The third-order valence-electron chi connectivity index (χ3n) is 4.16. The summed E-state index contributed by atoms with van der Waals surface area (Å²) in [6.07, 6.45) is 5.09. The van der Waals surface area contributed by atoms with Crippen molar-refractivity contribution >= 4 is 23.0 Å². The molecule has 0 aromatic carbocycles. The smallest absolute Gasteiger partial charge is 0.137 e. The summed E-state index contributed by atoms with van der Waals surface area (Å²) < 4.78 is 1.93. The minimum atomic E-state index is 0.455. The molecular formula is C14H24N4S. The van der Waals surface area contributed by atoms with Crippen LogP contribution in [0.1, 0.15) is 43.9 Å². The number of hydrogen-bond acceptors (Lipinski definition) is 3. The second kappa shape index (κ2) is 5.90. The molecule has 1 aromatic rings. The molecule has 1 saturated heterocycles. The first-order valence-electron chi connectivity index (χ1n) is 7.13. The zero-order valence-electron chi connectivity index (χ0n) is 12.1. The van der Waals surface area contributed by atoms with E-state index in [1.807, 2.05) is 18.7 Å². The second-order valence-electron chi connectivity index (χ2n) is 5.46. The molecule has 1 aliphatic rings. The molecule has 5 heteroatoms. The number of nitrogens with zero attached hydrogens (tertiary/aromatic N) is 3. The number of rotatable bonds is 3. The SMILES string of the molecule is CCC1CCCN(c2c(C(N)=S)c(C)nn2C)CC1. The molecule has 2 N–H and O–H groups in total. The van der Waals surface area contributed by atoms with Gasteiger partial charge in [-0.15, -0.1) is 0 Å². The lowest BCUT2D eigenvalue weighted by molar-refractivity contribution is 0.459. The first-order chi connectivity index (χ1) is 9.04. The molecule has 1 unspecified atom stereocenters. The van der Waals surface area contributed by atoms with Crippen molar-refractivity contribution in [2.75, 3.05) is 18.0 Å². The van der Waals surface area contributed by atoms with Gasteiger partial charge in [0.2, 0.25) is 0 Å². The molecule has 106 valence electrons. The third-order valence-corrected chi connectivity index (χ3v) is 4.37. The van der Waals surface area contributed by atoms with E-state index in [1.165, 1.54) is 25.7 Å². The molecule has 0 aliphatic carbocycles. The Hall–Kier alpha value is -1.10. The van der Waals surface area contributed by atoms with E-state index in [0.29, 0.717) is 4.99 Å². The van der Waals surface area contributed by atoms with Crippen molar-refractivity contribution in [2.24, 2.45) is 18.7 Å².